The zero-order valence-corrected chi connectivity index (χ0v) is 20.8. The van der Waals surface area contributed by atoms with Crippen LogP contribution in [0.5, 0.6) is 11.5 Å². The average Bonchev–Trinajstić information content (AvgIpc) is 3.73. The number of fused-ring (bicyclic) bond motifs is 1. The Morgan fingerprint density at radius 1 is 1.14 bits per heavy atom. The van der Waals surface area contributed by atoms with Crippen LogP contribution in [0.15, 0.2) is 47.6 Å². The highest BCUT2D eigenvalue weighted by Gasteiger charge is 2.26. The number of carbonyl (C=O) groups is 1. The Bertz CT molecular complexity index is 1240. The van der Waals surface area contributed by atoms with Crippen LogP contribution in [0, 0.1) is 11.3 Å². The van der Waals surface area contributed by atoms with Crippen LogP contribution < -0.4 is 14.4 Å². The first-order valence-corrected chi connectivity index (χ1v) is 12.0. The third-order valence-corrected chi connectivity index (χ3v) is 5.95. The number of aromatic nitrogens is 2. The number of benzene rings is 2. The first kappa shape index (κ1) is 25.1. The maximum absolute atomic E-state index is 11.6. The molecule has 0 radical (unpaired) electrons. The van der Waals surface area contributed by atoms with Crippen molar-refractivity contribution in [2.24, 2.45) is 10.9 Å². The van der Waals surface area contributed by atoms with Crippen molar-refractivity contribution in [2.45, 2.75) is 25.7 Å². The minimum absolute atomic E-state index is 0.0938. The Hall–Kier alpha value is -4.01. The monoisotopic (exact) mass is 489 g/mol. The van der Waals surface area contributed by atoms with Crippen LogP contribution in [0.4, 0.5) is 11.4 Å². The molecule has 1 atom stereocenters. The number of hydrogen-bond donors (Lipinski definition) is 1. The highest BCUT2D eigenvalue weighted by molar-refractivity contribution is 5.90. The number of aliphatic imine (C=N–C) groups is 1. The number of esters is 1. The molecule has 1 heterocycles. The number of hydrogen-bond acceptors (Lipinski definition) is 9. The van der Waals surface area contributed by atoms with E-state index in [1.807, 2.05) is 36.4 Å². The van der Waals surface area contributed by atoms with Gasteiger partial charge in [0.15, 0.2) is 0 Å². The fourth-order valence-corrected chi connectivity index (χ4v) is 3.86. The van der Waals surface area contributed by atoms with E-state index < -0.39 is 11.9 Å². The van der Waals surface area contributed by atoms with Gasteiger partial charge in [-0.15, -0.1) is 0 Å². The summed E-state index contributed by atoms with van der Waals surface area (Å²) >= 11 is 0. The van der Waals surface area contributed by atoms with Gasteiger partial charge in [-0.25, -0.2) is 4.98 Å². The van der Waals surface area contributed by atoms with Crippen molar-refractivity contribution in [1.82, 2.24) is 9.97 Å². The third kappa shape index (κ3) is 6.16. The maximum Gasteiger partial charge on any atom is 0.327 e. The largest absolute Gasteiger partial charge is 0.497 e. The molecule has 9 heteroatoms. The van der Waals surface area contributed by atoms with E-state index >= 15 is 0 Å². The molecule has 1 aliphatic carbocycles. The fraction of sp³-hybridized carbons (Fsp3) is 0.370. The molecule has 1 aromatic heterocycles. The second kappa shape index (κ2) is 11.6. The molecule has 1 unspecified atom stereocenters. The van der Waals surface area contributed by atoms with E-state index in [-0.39, 0.29) is 6.54 Å². The summed E-state index contributed by atoms with van der Waals surface area (Å²) < 4.78 is 15.9. The number of nitrogens with zero attached hydrogens (tertiary/aromatic N) is 4. The van der Waals surface area contributed by atoms with E-state index in [0.717, 1.165) is 34.9 Å². The highest BCUT2D eigenvalue weighted by atomic mass is 16.5. The smallest absolute Gasteiger partial charge is 0.327 e. The van der Waals surface area contributed by atoms with E-state index in [1.165, 1.54) is 25.3 Å². The van der Waals surface area contributed by atoms with Crippen LogP contribution in [0.1, 0.15) is 31.4 Å². The number of carbonyl (C=O) groups excluding carboxylic acids is 1. The summed E-state index contributed by atoms with van der Waals surface area (Å²) in [5, 5.41) is 7.82. The molecule has 36 heavy (non-hydrogen) atoms. The molecule has 9 nitrogen and oxygen atoms in total. The van der Waals surface area contributed by atoms with Crippen molar-refractivity contribution >= 4 is 40.8 Å². The van der Waals surface area contributed by atoms with E-state index in [4.69, 9.17) is 24.6 Å². The molecule has 0 aliphatic heterocycles. The summed E-state index contributed by atoms with van der Waals surface area (Å²) in [4.78, 5) is 27.3. The van der Waals surface area contributed by atoms with Gasteiger partial charge in [-0.3, -0.25) is 14.8 Å². The summed E-state index contributed by atoms with van der Waals surface area (Å²) in [7, 11) is 3.29. The molecule has 0 spiro atoms. The third-order valence-electron chi connectivity index (χ3n) is 5.95. The summed E-state index contributed by atoms with van der Waals surface area (Å²) in [5.41, 5.74) is 4.01. The summed E-state index contributed by atoms with van der Waals surface area (Å²) in [6.45, 7) is 2.83. The Morgan fingerprint density at radius 2 is 1.89 bits per heavy atom. The number of nitrogens with one attached hydrogen (secondary N) is 1. The number of methoxy groups -OCH3 is 2. The molecule has 1 N–H and O–H groups in total. The van der Waals surface area contributed by atoms with Gasteiger partial charge >= 0.3 is 5.97 Å². The maximum atomic E-state index is 11.6. The lowest BCUT2D eigenvalue weighted by Gasteiger charge is -2.26. The molecule has 1 aliphatic rings. The van der Waals surface area contributed by atoms with Gasteiger partial charge in [-0.05, 0) is 43.9 Å². The van der Waals surface area contributed by atoms with Gasteiger partial charge in [0.2, 0.25) is 0 Å². The predicted octanol–water partition coefficient (Wildman–Crippen LogP) is 4.56. The van der Waals surface area contributed by atoms with E-state index in [1.54, 1.807) is 27.3 Å². The quantitative estimate of drug-likeness (QED) is 0.293. The zero-order chi connectivity index (χ0) is 25.5. The van der Waals surface area contributed by atoms with Crippen LogP contribution in [0.3, 0.4) is 0 Å². The normalized spacial score (nSPS) is 14.0. The first-order chi connectivity index (χ1) is 17.5. The van der Waals surface area contributed by atoms with Crippen molar-refractivity contribution in [2.75, 3.05) is 38.8 Å². The Balaban J connectivity index is 1.66. The molecular weight excluding hydrogens is 458 g/mol. The van der Waals surface area contributed by atoms with Gasteiger partial charge in [0.05, 0.1) is 49.7 Å². The van der Waals surface area contributed by atoms with Crippen LogP contribution in [0.25, 0.3) is 11.0 Å². The topological polar surface area (TPSA) is 110 Å². The zero-order valence-electron chi connectivity index (χ0n) is 20.8. The molecule has 0 saturated heterocycles. The van der Waals surface area contributed by atoms with E-state index in [2.05, 4.69) is 14.9 Å². The first-order valence-electron chi connectivity index (χ1n) is 12.0. The Labute approximate surface area is 210 Å². The molecular formula is C27H31N5O4. The van der Waals surface area contributed by atoms with Crippen LogP contribution in [0.2, 0.25) is 0 Å². The van der Waals surface area contributed by atoms with Crippen molar-refractivity contribution in [3.05, 3.63) is 48.3 Å². The van der Waals surface area contributed by atoms with Gasteiger partial charge in [-0.2, -0.15) is 0 Å². The minimum Gasteiger partial charge on any atom is -0.497 e. The molecule has 0 bridgehead atoms. The second-order valence-corrected chi connectivity index (χ2v) is 8.58. The SMILES string of the molecule is CCOC(=O)CN=CC(C=N)c1cnc2ccc(N(CC3CC3)c3cc(OC)cc(OC)c3)cc2n1. The van der Waals surface area contributed by atoms with Crippen molar-refractivity contribution in [3.63, 3.8) is 0 Å². The number of rotatable bonds is 12. The van der Waals surface area contributed by atoms with Crippen molar-refractivity contribution < 1.29 is 19.0 Å². The fourth-order valence-electron chi connectivity index (χ4n) is 3.86. The molecule has 1 fully saturated rings. The van der Waals surface area contributed by atoms with Crippen LogP contribution >= 0.6 is 0 Å². The lowest BCUT2D eigenvalue weighted by atomic mass is 10.1. The molecule has 188 valence electrons. The van der Waals surface area contributed by atoms with E-state index in [9.17, 15) is 4.79 Å². The summed E-state index contributed by atoms with van der Waals surface area (Å²) in [6, 6.07) is 11.9. The molecule has 1 saturated carbocycles. The lowest BCUT2D eigenvalue weighted by Crippen LogP contribution is -2.20. The number of anilines is 2. The molecule has 2 aromatic carbocycles. The van der Waals surface area contributed by atoms with Crippen molar-refractivity contribution in [1.29, 1.82) is 5.41 Å². The van der Waals surface area contributed by atoms with Gasteiger partial charge in [0.25, 0.3) is 0 Å². The predicted molar refractivity (Wildman–Crippen MR) is 140 cm³/mol. The van der Waals surface area contributed by atoms with Gasteiger partial charge in [-0.1, -0.05) is 0 Å². The number of ether oxygens (including phenoxy) is 3. The standard InChI is InChI=1S/C27H31N5O4/c1-4-36-27(33)16-29-14-19(13-28)26-15-30-24-8-7-20(11-25(24)31-26)32(17-18-5-6-18)21-9-22(34-2)12-23(10-21)35-3/h7-15,18-19,28H,4-6,16-17H2,1-3H3. The molecule has 4 rings (SSSR count). The minimum atomic E-state index is -0.495. The van der Waals surface area contributed by atoms with Gasteiger partial charge in [0, 0.05) is 48.5 Å². The van der Waals surface area contributed by atoms with Crippen LogP contribution in [-0.2, 0) is 9.53 Å². The van der Waals surface area contributed by atoms with E-state index in [0.29, 0.717) is 23.7 Å². The summed E-state index contributed by atoms with van der Waals surface area (Å²) in [5.74, 6) is 1.18. The van der Waals surface area contributed by atoms with Gasteiger partial charge < -0.3 is 24.5 Å². The highest BCUT2D eigenvalue weighted by Crippen LogP contribution is 2.38. The lowest BCUT2D eigenvalue weighted by molar-refractivity contribution is -0.141. The Kier molecular flexibility index (Phi) is 8.10. The van der Waals surface area contributed by atoms with Crippen LogP contribution in [-0.4, -0.2) is 62.3 Å². The molecule has 3 aromatic rings. The Morgan fingerprint density at radius 3 is 2.53 bits per heavy atom. The molecule has 0 amide bonds. The van der Waals surface area contributed by atoms with Crippen molar-refractivity contribution in [3.8, 4) is 11.5 Å². The van der Waals surface area contributed by atoms with Gasteiger partial charge in [0.1, 0.15) is 18.0 Å². The summed E-state index contributed by atoms with van der Waals surface area (Å²) in [6.07, 6.45) is 6.83. The second-order valence-electron chi connectivity index (χ2n) is 8.58. The average molecular weight is 490 g/mol.